The van der Waals surface area contributed by atoms with Crippen LogP contribution in [0.3, 0.4) is 0 Å². The highest BCUT2D eigenvalue weighted by molar-refractivity contribution is 9.10. The molecule has 1 aromatic carbocycles. The lowest BCUT2D eigenvalue weighted by molar-refractivity contribution is 0.0652. The molecule has 1 aliphatic heterocycles. The fourth-order valence-corrected chi connectivity index (χ4v) is 2.66. The van der Waals surface area contributed by atoms with E-state index in [-0.39, 0.29) is 11.4 Å². The first-order valence-corrected chi connectivity index (χ1v) is 6.37. The van der Waals surface area contributed by atoms with Crippen LogP contribution in [0.5, 0.6) is 0 Å². The van der Waals surface area contributed by atoms with Crippen molar-refractivity contribution in [3.63, 3.8) is 0 Å². The molecular formula is C13H16BrNO. The second-order valence-corrected chi connectivity index (χ2v) is 5.80. The number of halogens is 1. The molecule has 2 rings (SSSR count). The van der Waals surface area contributed by atoms with Crippen molar-refractivity contribution in [2.45, 2.75) is 32.2 Å². The van der Waals surface area contributed by atoms with E-state index in [4.69, 9.17) is 0 Å². The average Bonchev–Trinajstić information content (AvgIpc) is 2.57. The summed E-state index contributed by atoms with van der Waals surface area (Å²) in [6.07, 6.45) is 2.19. The summed E-state index contributed by atoms with van der Waals surface area (Å²) in [6.45, 7) is 5.14. The first-order valence-electron chi connectivity index (χ1n) is 5.58. The smallest absolute Gasteiger partial charge is 0.254 e. The molecule has 0 atom stereocenters. The number of hydrogen-bond donors (Lipinski definition) is 0. The molecule has 0 saturated carbocycles. The van der Waals surface area contributed by atoms with Crippen LogP contribution in [0.2, 0.25) is 0 Å². The van der Waals surface area contributed by atoms with Gasteiger partial charge < -0.3 is 4.90 Å². The molecule has 0 radical (unpaired) electrons. The van der Waals surface area contributed by atoms with E-state index in [9.17, 15) is 4.79 Å². The van der Waals surface area contributed by atoms with Crippen molar-refractivity contribution in [3.8, 4) is 0 Å². The van der Waals surface area contributed by atoms with Crippen molar-refractivity contribution in [2.24, 2.45) is 0 Å². The molecule has 0 N–H and O–H groups in total. The predicted octanol–water partition coefficient (Wildman–Crippen LogP) is 3.46. The molecule has 1 aromatic rings. The van der Waals surface area contributed by atoms with Crippen LogP contribution in [-0.2, 0) is 0 Å². The Labute approximate surface area is 105 Å². The number of likely N-dealkylation sites (tertiary alicyclic amines) is 1. The molecule has 1 aliphatic rings. The van der Waals surface area contributed by atoms with Gasteiger partial charge in [-0.2, -0.15) is 0 Å². The van der Waals surface area contributed by atoms with Crippen molar-refractivity contribution in [3.05, 3.63) is 34.3 Å². The van der Waals surface area contributed by atoms with Gasteiger partial charge in [-0.1, -0.05) is 22.0 Å². The lowest BCUT2D eigenvalue weighted by atomic mass is 10.0. The minimum Gasteiger partial charge on any atom is -0.334 e. The summed E-state index contributed by atoms with van der Waals surface area (Å²) in [6, 6.07) is 7.60. The molecule has 2 nitrogen and oxygen atoms in total. The molecule has 0 aromatic heterocycles. The standard InChI is InChI=1S/C13H16BrNO/c1-13(2)7-4-8-15(13)12(16)10-5-3-6-11(14)9-10/h3,5-6,9H,4,7-8H2,1-2H3. The molecule has 0 spiro atoms. The van der Waals surface area contributed by atoms with Gasteiger partial charge in [-0.15, -0.1) is 0 Å². The van der Waals surface area contributed by atoms with E-state index in [0.29, 0.717) is 0 Å². The molecule has 1 amide bonds. The van der Waals surface area contributed by atoms with E-state index in [2.05, 4.69) is 29.8 Å². The Bertz CT molecular complexity index is 414. The number of nitrogens with zero attached hydrogens (tertiary/aromatic N) is 1. The zero-order valence-electron chi connectivity index (χ0n) is 9.66. The Morgan fingerprint density at radius 1 is 1.44 bits per heavy atom. The summed E-state index contributed by atoms with van der Waals surface area (Å²) < 4.78 is 0.954. The Morgan fingerprint density at radius 2 is 2.19 bits per heavy atom. The molecule has 3 heteroatoms. The van der Waals surface area contributed by atoms with E-state index in [1.807, 2.05) is 29.2 Å². The second kappa shape index (κ2) is 4.21. The normalized spacial score (nSPS) is 18.8. The van der Waals surface area contributed by atoms with Crippen LogP contribution in [-0.4, -0.2) is 22.9 Å². The van der Waals surface area contributed by atoms with Gasteiger partial charge in [-0.3, -0.25) is 4.79 Å². The maximum atomic E-state index is 12.3. The second-order valence-electron chi connectivity index (χ2n) is 4.88. The number of rotatable bonds is 1. The molecule has 1 fully saturated rings. The van der Waals surface area contributed by atoms with E-state index in [1.54, 1.807) is 0 Å². The van der Waals surface area contributed by atoms with Gasteiger partial charge in [0.05, 0.1) is 0 Å². The van der Waals surface area contributed by atoms with Crippen molar-refractivity contribution >= 4 is 21.8 Å². The highest BCUT2D eigenvalue weighted by atomic mass is 79.9. The summed E-state index contributed by atoms with van der Waals surface area (Å²) in [7, 11) is 0. The SMILES string of the molecule is CC1(C)CCCN1C(=O)c1cccc(Br)c1. The Balaban J connectivity index is 2.26. The van der Waals surface area contributed by atoms with Gasteiger partial charge in [0.1, 0.15) is 0 Å². The number of hydrogen-bond acceptors (Lipinski definition) is 1. The molecule has 86 valence electrons. The van der Waals surface area contributed by atoms with Gasteiger partial charge in [-0.25, -0.2) is 0 Å². The van der Waals surface area contributed by atoms with Crippen LogP contribution in [0.4, 0.5) is 0 Å². The van der Waals surface area contributed by atoms with E-state index in [1.165, 1.54) is 0 Å². The predicted molar refractivity (Wildman–Crippen MR) is 68.5 cm³/mol. The van der Waals surface area contributed by atoms with Gasteiger partial charge in [0.25, 0.3) is 5.91 Å². The largest absolute Gasteiger partial charge is 0.334 e. The topological polar surface area (TPSA) is 20.3 Å². The van der Waals surface area contributed by atoms with Crippen molar-refractivity contribution in [2.75, 3.05) is 6.54 Å². The third-order valence-electron chi connectivity index (χ3n) is 3.22. The monoisotopic (exact) mass is 281 g/mol. The molecule has 1 saturated heterocycles. The van der Waals surface area contributed by atoms with E-state index in [0.717, 1.165) is 29.4 Å². The van der Waals surface area contributed by atoms with E-state index >= 15 is 0 Å². The summed E-state index contributed by atoms with van der Waals surface area (Å²) in [5, 5.41) is 0. The summed E-state index contributed by atoms with van der Waals surface area (Å²) >= 11 is 3.40. The lowest BCUT2D eigenvalue weighted by Gasteiger charge is -2.31. The van der Waals surface area contributed by atoms with E-state index < -0.39 is 0 Å². The quantitative estimate of drug-likeness (QED) is 0.772. The maximum absolute atomic E-state index is 12.3. The summed E-state index contributed by atoms with van der Waals surface area (Å²) in [5.74, 6) is 0.142. The van der Waals surface area contributed by atoms with Crippen LogP contribution in [0.15, 0.2) is 28.7 Å². The first-order chi connectivity index (χ1) is 7.50. The zero-order valence-corrected chi connectivity index (χ0v) is 11.3. The van der Waals surface area contributed by atoms with Crippen molar-refractivity contribution in [1.29, 1.82) is 0 Å². The fraction of sp³-hybridized carbons (Fsp3) is 0.462. The molecule has 1 heterocycles. The Morgan fingerprint density at radius 3 is 2.75 bits per heavy atom. The number of carbonyl (C=O) groups is 1. The van der Waals surface area contributed by atoms with Gasteiger partial charge in [0, 0.05) is 22.1 Å². The van der Waals surface area contributed by atoms with Gasteiger partial charge >= 0.3 is 0 Å². The van der Waals surface area contributed by atoms with Crippen LogP contribution in [0, 0.1) is 0 Å². The summed E-state index contributed by atoms with van der Waals surface area (Å²) in [4.78, 5) is 14.3. The highest BCUT2D eigenvalue weighted by Crippen LogP contribution is 2.30. The van der Waals surface area contributed by atoms with Crippen molar-refractivity contribution in [1.82, 2.24) is 4.90 Å². The minimum absolute atomic E-state index is 0.000594. The molecule has 0 bridgehead atoms. The third kappa shape index (κ3) is 2.14. The van der Waals surface area contributed by atoms with Crippen LogP contribution in [0.1, 0.15) is 37.0 Å². The van der Waals surface area contributed by atoms with Crippen LogP contribution >= 0.6 is 15.9 Å². The molecule has 16 heavy (non-hydrogen) atoms. The highest BCUT2D eigenvalue weighted by Gasteiger charge is 2.35. The zero-order chi connectivity index (χ0) is 11.8. The fourth-order valence-electron chi connectivity index (χ4n) is 2.26. The molecule has 0 aliphatic carbocycles. The van der Waals surface area contributed by atoms with Crippen LogP contribution in [0.25, 0.3) is 0 Å². The number of benzene rings is 1. The van der Waals surface area contributed by atoms with Crippen LogP contribution < -0.4 is 0 Å². The first kappa shape index (κ1) is 11.6. The van der Waals surface area contributed by atoms with Gasteiger partial charge in [-0.05, 0) is 44.9 Å². The minimum atomic E-state index is -0.000594. The Hall–Kier alpha value is -0.830. The average molecular weight is 282 g/mol. The van der Waals surface area contributed by atoms with Gasteiger partial charge in [0.2, 0.25) is 0 Å². The lowest BCUT2D eigenvalue weighted by Crippen LogP contribution is -2.42. The van der Waals surface area contributed by atoms with Gasteiger partial charge in [0.15, 0.2) is 0 Å². The summed E-state index contributed by atoms with van der Waals surface area (Å²) in [5.41, 5.74) is 0.767. The maximum Gasteiger partial charge on any atom is 0.254 e. The van der Waals surface area contributed by atoms with Crippen molar-refractivity contribution < 1.29 is 4.79 Å². The number of amides is 1. The number of carbonyl (C=O) groups excluding carboxylic acids is 1. The Kier molecular flexibility index (Phi) is 3.06. The molecule has 0 unspecified atom stereocenters. The third-order valence-corrected chi connectivity index (χ3v) is 3.71. The molecular weight excluding hydrogens is 266 g/mol.